The fourth-order valence-corrected chi connectivity index (χ4v) is 7.70. The quantitative estimate of drug-likeness (QED) is 0.188. The van der Waals surface area contributed by atoms with E-state index in [-0.39, 0.29) is 0 Å². The molecule has 9 rings (SSSR count). The van der Waals surface area contributed by atoms with Gasteiger partial charge in [0.15, 0.2) is 0 Å². The number of rotatable bonds is 5. The molecule has 1 heterocycles. The third-order valence-electron chi connectivity index (χ3n) is 9.81. The molecule has 0 fully saturated rings. The van der Waals surface area contributed by atoms with Gasteiger partial charge in [-0.3, -0.25) is 0 Å². The standard InChI is InChI=1S/C47H32O/c1-4-15-33(16-5-1)40-25-13-17-34-18-14-26-41(46(34)40)37-20-12-19-35(31-37)36-29-30-43-45(32-36)48-44-28-11-10-27-42(44)47(43,38-21-6-2-7-22-38)39-23-8-3-9-24-39/h1-32H. The molecular weight excluding hydrogens is 581 g/mol. The van der Waals surface area contributed by atoms with Gasteiger partial charge in [-0.1, -0.05) is 176 Å². The van der Waals surface area contributed by atoms with Crippen LogP contribution in [0.15, 0.2) is 194 Å². The summed E-state index contributed by atoms with van der Waals surface area (Å²) in [5.41, 5.74) is 11.3. The van der Waals surface area contributed by atoms with E-state index < -0.39 is 5.41 Å². The van der Waals surface area contributed by atoms with Crippen LogP contribution in [0, 0.1) is 0 Å². The summed E-state index contributed by atoms with van der Waals surface area (Å²) < 4.78 is 6.78. The molecule has 0 saturated heterocycles. The van der Waals surface area contributed by atoms with Crippen molar-refractivity contribution in [2.75, 3.05) is 0 Å². The molecule has 0 atom stereocenters. The van der Waals surface area contributed by atoms with Gasteiger partial charge in [0.2, 0.25) is 0 Å². The zero-order valence-corrected chi connectivity index (χ0v) is 26.4. The molecular formula is C47H32O. The van der Waals surface area contributed by atoms with Crippen molar-refractivity contribution in [1.29, 1.82) is 0 Å². The molecule has 48 heavy (non-hydrogen) atoms. The molecule has 0 aromatic heterocycles. The highest BCUT2D eigenvalue weighted by molar-refractivity contribution is 6.06. The number of hydrogen-bond acceptors (Lipinski definition) is 1. The van der Waals surface area contributed by atoms with Crippen molar-refractivity contribution in [3.05, 3.63) is 216 Å². The van der Waals surface area contributed by atoms with Crippen molar-refractivity contribution in [3.8, 4) is 44.9 Å². The van der Waals surface area contributed by atoms with E-state index in [1.54, 1.807) is 0 Å². The molecule has 8 aromatic carbocycles. The minimum absolute atomic E-state index is 0.524. The van der Waals surface area contributed by atoms with Crippen molar-refractivity contribution in [1.82, 2.24) is 0 Å². The summed E-state index contributed by atoms with van der Waals surface area (Å²) in [5.74, 6) is 1.76. The molecule has 1 aliphatic rings. The second-order valence-corrected chi connectivity index (χ2v) is 12.4. The second-order valence-electron chi connectivity index (χ2n) is 12.4. The van der Waals surface area contributed by atoms with Gasteiger partial charge in [-0.25, -0.2) is 0 Å². The van der Waals surface area contributed by atoms with Crippen LogP contribution in [-0.4, -0.2) is 0 Å². The van der Waals surface area contributed by atoms with Gasteiger partial charge >= 0.3 is 0 Å². The van der Waals surface area contributed by atoms with Crippen LogP contribution in [0.5, 0.6) is 11.5 Å². The Hall–Kier alpha value is -6.18. The number of ether oxygens (including phenoxy) is 1. The predicted octanol–water partition coefficient (Wildman–Crippen LogP) is 12.3. The van der Waals surface area contributed by atoms with Gasteiger partial charge < -0.3 is 4.74 Å². The van der Waals surface area contributed by atoms with Crippen molar-refractivity contribution in [2.24, 2.45) is 0 Å². The van der Waals surface area contributed by atoms with E-state index in [1.165, 1.54) is 44.2 Å². The Labute approximate surface area is 281 Å². The Balaban J connectivity index is 1.22. The van der Waals surface area contributed by atoms with Gasteiger partial charge in [0.1, 0.15) is 11.5 Å². The topological polar surface area (TPSA) is 9.23 Å². The van der Waals surface area contributed by atoms with Crippen LogP contribution in [0.1, 0.15) is 22.3 Å². The van der Waals surface area contributed by atoms with Crippen LogP contribution in [0.25, 0.3) is 44.2 Å². The molecule has 0 N–H and O–H groups in total. The van der Waals surface area contributed by atoms with Crippen LogP contribution < -0.4 is 4.74 Å². The van der Waals surface area contributed by atoms with Crippen molar-refractivity contribution in [3.63, 3.8) is 0 Å². The number of hydrogen-bond donors (Lipinski definition) is 0. The Morgan fingerprint density at radius 1 is 0.333 bits per heavy atom. The van der Waals surface area contributed by atoms with E-state index >= 15 is 0 Å². The molecule has 1 heteroatoms. The van der Waals surface area contributed by atoms with E-state index in [4.69, 9.17) is 4.74 Å². The zero-order chi connectivity index (χ0) is 31.9. The van der Waals surface area contributed by atoms with Crippen LogP contribution in [0.3, 0.4) is 0 Å². The molecule has 1 nitrogen and oxygen atoms in total. The summed E-state index contributed by atoms with van der Waals surface area (Å²) in [6, 6.07) is 69.7. The maximum Gasteiger partial charge on any atom is 0.132 e. The van der Waals surface area contributed by atoms with Gasteiger partial charge in [0, 0.05) is 11.1 Å². The summed E-state index contributed by atoms with van der Waals surface area (Å²) in [4.78, 5) is 0. The summed E-state index contributed by atoms with van der Waals surface area (Å²) in [6.45, 7) is 0. The van der Waals surface area contributed by atoms with Gasteiger partial charge in [-0.15, -0.1) is 0 Å². The second kappa shape index (κ2) is 11.6. The van der Waals surface area contributed by atoms with E-state index in [9.17, 15) is 0 Å². The monoisotopic (exact) mass is 612 g/mol. The normalized spacial score (nSPS) is 12.9. The van der Waals surface area contributed by atoms with Gasteiger partial charge in [0.25, 0.3) is 0 Å². The highest BCUT2D eigenvalue weighted by atomic mass is 16.5. The smallest absolute Gasteiger partial charge is 0.132 e. The zero-order valence-electron chi connectivity index (χ0n) is 26.4. The van der Waals surface area contributed by atoms with E-state index in [0.29, 0.717) is 0 Å². The maximum absolute atomic E-state index is 6.78. The van der Waals surface area contributed by atoms with E-state index in [2.05, 4.69) is 194 Å². The van der Waals surface area contributed by atoms with E-state index in [0.717, 1.165) is 33.8 Å². The Kier molecular flexibility index (Phi) is 6.76. The number of benzene rings is 8. The molecule has 0 spiro atoms. The molecule has 0 aliphatic carbocycles. The molecule has 0 amide bonds. The van der Waals surface area contributed by atoms with Crippen molar-refractivity contribution >= 4 is 10.8 Å². The summed E-state index contributed by atoms with van der Waals surface area (Å²) in [6.07, 6.45) is 0. The summed E-state index contributed by atoms with van der Waals surface area (Å²) in [7, 11) is 0. The molecule has 1 aliphatic heterocycles. The fraction of sp³-hybridized carbons (Fsp3) is 0.0213. The minimum atomic E-state index is -0.524. The van der Waals surface area contributed by atoms with Gasteiger partial charge in [0.05, 0.1) is 5.41 Å². The molecule has 0 bridgehead atoms. The summed E-state index contributed by atoms with van der Waals surface area (Å²) >= 11 is 0. The van der Waals surface area contributed by atoms with E-state index in [1.807, 2.05) is 0 Å². The third kappa shape index (κ3) is 4.47. The first-order chi connectivity index (χ1) is 23.8. The van der Waals surface area contributed by atoms with Gasteiger partial charge in [-0.05, 0) is 73.5 Å². The van der Waals surface area contributed by atoms with Gasteiger partial charge in [-0.2, -0.15) is 0 Å². The third-order valence-corrected chi connectivity index (χ3v) is 9.81. The fourth-order valence-electron chi connectivity index (χ4n) is 7.70. The van der Waals surface area contributed by atoms with Crippen molar-refractivity contribution < 1.29 is 4.74 Å². The lowest BCUT2D eigenvalue weighted by Crippen LogP contribution is -2.34. The Morgan fingerprint density at radius 3 is 1.56 bits per heavy atom. The highest BCUT2D eigenvalue weighted by Crippen LogP contribution is 2.55. The number of fused-ring (bicyclic) bond motifs is 3. The van der Waals surface area contributed by atoms with Crippen LogP contribution >= 0.6 is 0 Å². The minimum Gasteiger partial charge on any atom is -0.457 e. The molecule has 8 aromatic rings. The average Bonchev–Trinajstić information content (AvgIpc) is 3.17. The Morgan fingerprint density at radius 2 is 0.854 bits per heavy atom. The molecule has 0 saturated carbocycles. The maximum atomic E-state index is 6.78. The summed E-state index contributed by atoms with van der Waals surface area (Å²) in [5, 5.41) is 2.50. The average molecular weight is 613 g/mol. The number of para-hydroxylation sites is 1. The first kappa shape index (κ1) is 28.1. The molecule has 0 radical (unpaired) electrons. The lowest BCUT2D eigenvalue weighted by atomic mass is 9.63. The van der Waals surface area contributed by atoms with Crippen molar-refractivity contribution in [2.45, 2.75) is 5.41 Å². The first-order valence-electron chi connectivity index (χ1n) is 16.5. The SMILES string of the molecule is c1ccc(-c2cccc3cccc(-c4cccc(-c5ccc6c(c5)Oc5ccccc5C6(c5ccccc5)c5ccccc5)c4)c23)cc1. The van der Waals surface area contributed by atoms with Crippen LogP contribution in [-0.2, 0) is 5.41 Å². The molecule has 0 unspecified atom stereocenters. The first-order valence-corrected chi connectivity index (χ1v) is 16.5. The largest absolute Gasteiger partial charge is 0.457 e. The lowest BCUT2D eigenvalue weighted by Gasteiger charge is -2.41. The Bertz CT molecular complexity index is 2360. The highest BCUT2D eigenvalue weighted by Gasteiger charge is 2.45. The predicted molar refractivity (Wildman–Crippen MR) is 199 cm³/mol. The lowest BCUT2D eigenvalue weighted by molar-refractivity contribution is 0.435. The van der Waals surface area contributed by atoms with Crippen LogP contribution in [0.4, 0.5) is 0 Å². The molecule has 226 valence electrons. The van der Waals surface area contributed by atoms with Crippen LogP contribution in [0.2, 0.25) is 0 Å².